The van der Waals surface area contributed by atoms with Crippen molar-refractivity contribution in [1.82, 2.24) is 25.1 Å². The molecule has 11 heteroatoms. The first-order valence-electron chi connectivity index (χ1n) is 9.11. The van der Waals surface area contributed by atoms with Gasteiger partial charge in [-0.2, -0.15) is 23.1 Å². The van der Waals surface area contributed by atoms with E-state index < -0.39 is 17.9 Å². The maximum Gasteiger partial charge on any atom is 0.453 e. The highest BCUT2D eigenvalue weighted by Gasteiger charge is 2.37. The Kier molecular flexibility index (Phi) is 6.60. The molecule has 0 unspecified atom stereocenters. The van der Waals surface area contributed by atoms with Crippen molar-refractivity contribution in [3.8, 4) is 11.9 Å². The van der Waals surface area contributed by atoms with E-state index >= 15 is 0 Å². The number of pyridine rings is 1. The summed E-state index contributed by atoms with van der Waals surface area (Å²) in [5.74, 6) is -1.89. The van der Waals surface area contributed by atoms with Crippen LogP contribution >= 0.6 is 11.8 Å². The van der Waals surface area contributed by atoms with Gasteiger partial charge in [0.1, 0.15) is 6.07 Å². The number of nitrogens with one attached hydrogen (secondary N) is 1. The van der Waals surface area contributed by atoms with Crippen molar-refractivity contribution in [3.63, 3.8) is 0 Å². The van der Waals surface area contributed by atoms with E-state index in [-0.39, 0.29) is 23.8 Å². The lowest BCUT2D eigenvalue weighted by Gasteiger charge is -2.09. The van der Waals surface area contributed by atoms with Gasteiger partial charge < -0.3 is 5.32 Å². The molecule has 31 heavy (non-hydrogen) atoms. The van der Waals surface area contributed by atoms with Gasteiger partial charge in [-0.05, 0) is 48.6 Å². The number of aryl methyl sites for hydroxylation is 1. The van der Waals surface area contributed by atoms with E-state index in [1.54, 1.807) is 12.1 Å². The molecule has 1 amide bonds. The van der Waals surface area contributed by atoms with E-state index in [4.69, 9.17) is 5.26 Å². The molecule has 1 N–H and O–H groups in total. The van der Waals surface area contributed by atoms with Crippen LogP contribution in [-0.4, -0.2) is 31.9 Å². The molecule has 3 rings (SSSR count). The minimum atomic E-state index is -4.76. The third kappa shape index (κ3) is 5.21. The molecule has 0 saturated carbocycles. The Labute approximate surface area is 180 Å². The number of nitriles is 1. The number of carbonyl (C=O) groups excluding carboxylic acids is 1. The third-order valence-electron chi connectivity index (χ3n) is 4.30. The summed E-state index contributed by atoms with van der Waals surface area (Å²) in [7, 11) is 0. The predicted molar refractivity (Wildman–Crippen MR) is 108 cm³/mol. The van der Waals surface area contributed by atoms with Crippen LogP contribution in [0.2, 0.25) is 0 Å². The highest BCUT2D eigenvalue weighted by molar-refractivity contribution is 7.98. The number of alkyl halides is 3. The van der Waals surface area contributed by atoms with Crippen LogP contribution in [0.4, 0.5) is 13.2 Å². The number of hydrogen-bond donors (Lipinski definition) is 1. The fourth-order valence-electron chi connectivity index (χ4n) is 2.72. The van der Waals surface area contributed by atoms with Gasteiger partial charge in [-0.3, -0.25) is 4.79 Å². The number of benzene rings is 1. The summed E-state index contributed by atoms with van der Waals surface area (Å²) in [5, 5.41) is 15.0. The van der Waals surface area contributed by atoms with Crippen LogP contribution in [0.5, 0.6) is 0 Å². The molecule has 0 spiro atoms. The molecule has 3 aromatic rings. The van der Waals surface area contributed by atoms with E-state index in [9.17, 15) is 18.0 Å². The second kappa shape index (κ2) is 9.18. The highest BCUT2D eigenvalue weighted by atomic mass is 32.2. The molecule has 0 aliphatic carbocycles. The van der Waals surface area contributed by atoms with Crippen LogP contribution in [0.3, 0.4) is 0 Å². The van der Waals surface area contributed by atoms with Crippen molar-refractivity contribution in [1.29, 1.82) is 5.26 Å². The van der Waals surface area contributed by atoms with Crippen LogP contribution in [-0.2, 0) is 19.1 Å². The maximum atomic E-state index is 13.2. The zero-order valence-corrected chi connectivity index (χ0v) is 17.4. The molecule has 2 aromatic heterocycles. The van der Waals surface area contributed by atoms with Crippen LogP contribution in [0.25, 0.3) is 5.82 Å². The van der Waals surface area contributed by atoms with Gasteiger partial charge in [-0.25, -0.2) is 9.97 Å². The van der Waals surface area contributed by atoms with Gasteiger partial charge in [-0.1, -0.05) is 6.92 Å². The molecular weight excluding hydrogens is 429 g/mol. The van der Waals surface area contributed by atoms with E-state index in [0.29, 0.717) is 5.56 Å². The molecule has 0 fully saturated rings. The Hall–Kier alpha value is -3.39. The minimum Gasteiger partial charge on any atom is -0.345 e. The third-order valence-corrected chi connectivity index (χ3v) is 5.01. The smallest absolute Gasteiger partial charge is 0.345 e. The molecule has 1 aromatic carbocycles. The number of carbonyl (C=O) groups is 1. The lowest BCUT2D eigenvalue weighted by Crippen LogP contribution is -2.25. The van der Waals surface area contributed by atoms with Gasteiger partial charge in [-0.15, -0.1) is 16.9 Å². The zero-order chi connectivity index (χ0) is 22.6. The average molecular weight is 446 g/mol. The topological polar surface area (TPSA) is 96.5 Å². The Morgan fingerprint density at radius 1 is 1.29 bits per heavy atom. The first-order chi connectivity index (χ1) is 14.7. The first kappa shape index (κ1) is 22.3. The predicted octanol–water partition coefficient (Wildman–Crippen LogP) is 3.77. The molecule has 160 valence electrons. The van der Waals surface area contributed by atoms with E-state index in [1.165, 1.54) is 30.1 Å². The average Bonchev–Trinajstić information content (AvgIpc) is 3.22. The van der Waals surface area contributed by atoms with Crippen molar-refractivity contribution in [2.24, 2.45) is 0 Å². The van der Waals surface area contributed by atoms with Crippen LogP contribution in [0.1, 0.15) is 40.1 Å². The molecule has 0 aliphatic rings. The van der Waals surface area contributed by atoms with E-state index in [1.807, 2.05) is 25.3 Å². The fourth-order valence-corrected chi connectivity index (χ4v) is 3.23. The van der Waals surface area contributed by atoms with Crippen LogP contribution in [0.15, 0.2) is 41.4 Å². The standard InChI is InChI=1S/C20H17F3N6OS/c1-3-12-6-14(8-15(7-12)31-2)18(30)26-11-17-27-19(20(21,22)23)28-29(17)16-5-4-13(9-24)10-25-16/h4-8,10H,3,11H2,1-2H3,(H,26,30). The van der Waals surface area contributed by atoms with Crippen molar-refractivity contribution in [2.45, 2.75) is 31.0 Å². The maximum absolute atomic E-state index is 13.2. The van der Waals surface area contributed by atoms with Gasteiger partial charge in [0, 0.05) is 16.7 Å². The number of nitrogens with zero attached hydrogens (tertiary/aromatic N) is 5. The van der Waals surface area contributed by atoms with E-state index in [0.717, 1.165) is 21.6 Å². The zero-order valence-electron chi connectivity index (χ0n) is 16.6. The quantitative estimate of drug-likeness (QED) is 0.579. The monoisotopic (exact) mass is 446 g/mol. The number of rotatable bonds is 6. The van der Waals surface area contributed by atoms with Crippen molar-refractivity contribution >= 4 is 17.7 Å². The van der Waals surface area contributed by atoms with Gasteiger partial charge in [0.2, 0.25) is 0 Å². The molecule has 0 bridgehead atoms. The summed E-state index contributed by atoms with van der Waals surface area (Å²) in [5.41, 5.74) is 1.62. The number of hydrogen-bond acceptors (Lipinski definition) is 6. The molecular formula is C20H17F3N6OS. The van der Waals surface area contributed by atoms with E-state index in [2.05, 4.69) is 20.4 Å². The summed E-state index contributed by atoms with van der Waals surface area (Å²) < 4.78 is 40.4. The Balaban J connectivity index is 1.89. The van der Waals surface area contributed by atoms with Crippen molar-refractivity contribution in [3.05, 3.63) is 64.9 Å². The molecule has 2 heterocycles. The normalized spacial score (nSPS) is 11.2. The lowest BCUT2D eigenvalue weighted by molar-refractivity contribution is -0.144. The van der Waals surface area contributed by atoms with Crippen molar-refractivity contribution in [2.75, 3.05) is 6.26 Å². The first-order valence-corrected chi connectivity index (χ1v) is 10.3. The Bertz CT molecular complexity index is 1110. The molecule has 7 nitrogen and oxygen atoms in total. The van der Waals surface area contributed by atoms with Gasteiger partial charge in [0.15, 0.2) is 11.6 Å². The van der Waals surface area contributed by atoms with Gasteiger partial charge in [0.25, 0.3) is 11.7 Å². The second-order valence-electron chi connectivity index (χ2n) is 6.38. The summed E-state index contributed by atoms with van der Waals surface area (Å²) in [6.45, 7) is 1.67. The number of thioether (sulfide) groups is 1. The largest absolute Gasteiger partial charge is 0.453 e. The van der Waals surface area contributed by atoms with Crippen LogP contribution in [0, 0.1) is 11.3 Å². The number of amides is 1. The Morgan fingerprint density at radius 3 is 2.65 bits per heavy atom. The molecule has 0 atom stereocenters. The van der Waals surface area contributed by atoms with Crippen molar-refractivity contribution < 1.29 is 18.0 Å². The summed E-state index contributed by atoms with van der Waals surface area (Å²) >= 11 is 1.49. The molecule has 0 aliphatic heterocycles. The number of aromatic nitrogens is 4. The van der Waals surface area contributed by atoms with Gasteiger partial charge in [0.05, 0.1) is 12.1 Å². The molecule has 0 saturated heterocycles. The van der Waals surface area contributed by atoms with Gasteiger partial charge >= 0.3 is 6.18 Å². The highest BCUT2D eigenvalue weighted by Crippen LogP contribution is 2.27. The second-order valence-corrected chi connectivity index (χ2v) is 7.26. The van der Waals surface area contributed by atoms with Crippen LogP contribution < -0.4 is 5.32 Å². The SMILES string of the molecule is CCc1cc(SC)cc(C(=O)NCc2nc(C(F)(F)F)nn2-c2ccc(C#N)cn2)c1. The summed E-state index contributed by atoms with van der Waals surface area (Å²) in [4.78, 5) is 21.0. The summed E-state index contributed by atoms with van der Waals surface area (Å²) in [6, 6.07) is 10.1. The minimum absolute atomic E-state index is 0.0453. The number of halogens is 3. The summed E-state index contributed by atoms with van der Waals surface area (Å²) in [6.07, 6.45) is -0.920. The molecule has 0 radical (unpaired) electrons. The lowest BCUT2D eigenvalue weighted by atomic mass is 10.1. The fraction of sp³-hybridized carbons (Fsp3) is 0.250. The Morgan fingerprint density at radius 2 is 2.06 bits per heavy atom.